The minimum Gasteiger partial charge on any atom is -0.497 e. The van der Waals surface area contributed by atoms with Crippen LogP contribution in [-0.4, -0.2) is 31.3 Å². The van der Waals surface area contributed by atoms with E-state index in [9.17, 15) is 22.8 Å². The number of ether oxygens (including phenoxy) is 2. The molecule has 1 aromatic rings. The molecule has 29 heavy (non-hydrogen) atoms. The standard InChI is InChI=1S/C21H28F3NO4/c1-13(2)29-19(26)12-18(14-7-9-17(28-3)10-8-14)25-20(27)15-5-4-6-16(11-15)21(22,23)24/h7-10,13,15-16,18H,4-6,11-12H2,1-3H3,(H,25,27)/t15-,16-,18-/m0/s1. The molecule has 5 nitrogen and oxygen atoms in total. The highest BCUT2D eigenvalue weighted by Crippen LogP contribution is 2.40. The minimum atomic E-state index is -4.30. The summed E-state index contributed by atoms with van der Waals surface area (Å²) in [4.78, 5) is 24.9. The second-order valence-electron chi connectivity index (χ2n) is 7.68. The number of esters is 1. The lowest BCUT2D eigenvalue weighted by molar-refractivity contribution is -0.186. The summed E-state index contributed by atoms with van der Waals surface area (Å²) in [6.45, 7) is 3.44. The number of halogens is 3. The van der Waals surface area contributed by atoms with E-state index in [4.69, 9.17) is 9.47 Å². The van der Waals surface area contributed by atoms with Gasteiger partial charge in [-0.3, -0.25) is 9.59 Å². The van der Waals surface area contributed by atoms with Crippen LogP contribution in [0.4, 0.5) is 13.2 Å². The molecular formula is C21H28F3NO4. The van der Waals surface area contributed by atoms with Gasteiger partial charge in [-0.05, 0) is 50.8 Å². The number of benzene rings is 1. The highest BCUT2D eigenvalue weighted by Gasteiger charge is 2.43. The third-order valence-corrected chi connectivity index (χ3v) is 5.08. The van der Waals surface area contributed by atoms with Crippen LogP contribution in [-0.2, 0) is 14.3 Å². The zero-order valence-corrected chi connectivity index (χ0v) is 16.9. The van der Waals surface area contributed by atoms with Gasteiger partial charge in [0.1, 0.15) is 5.75 Å². The quantitative estimate of drug-likeness (QED) is 0.663. The highest BCUT2D eigenvalue weighted by atomic mass is 19.4. The van der Waals surface area contributed by atoms with Crippen molar-refractivity contribution in [3.05, 3.63) is 29.8 Å². The molecular weight excluding hydrogens is 387 g/mol. The molecule has 1 N–H and O–H groups in total. The fourth-order valence-electron chi connectivity index (χ4n) is 3.58. The molecule has 162 valence electrons. The molecule has 3 atom stereocenters. The van der Waals surface area contributed by atoms with E-state index in [-0.39, 0.29) is 25.4 Å². The Labute approximate surface area is 168 Å². The largest absolute Gasteiger partial charge is 0.497 e. The first-order valence-electron chi connectivity index (χ1n) is 9.80. The Morgan fingerprint density at radius 2 is 1.83 bits per heavy atom. The molecule has 1 aromatic carbocycles. The monoisotopic (exact) mass is 415 g/mol. The zero-order valence-electron chi connectivity index (χ0n) is 16.9. The van der Waals surface area contributed by atoms with E-state index in [0.717, 1.165) is 0 Å². The Balaban J connectivity index is 2.12. The van der Waals surface area contributed by atoms with Gasteiger partial charge in [0.15, 0.2) is 0 Å². The Morgan fingerprint density at radius 3 is 2.38 bits per heavy atom. The van der Waals surface area contributed by atoms with Crippen LogP contribution < -0.4 is 10.1 Å². The SMILES string of the molecule is COc1ccc([C@H](CC(=O)OC(C)C)NC(=O)[C@H]2CCC[C@H](C(F)(F)F)C2)cc1. The number of carbonyl (C=O) groups is 2. The van der Waals surface area contributed by atoms with Gasteiger partial charge in [-0.2, -0.15) is 13.2 Å². The third-order valence-electron chi connectivity index (χ3n) is 5.08. The molecule has 2 rings (SSSR count). The number of hydrogen-bond donors (Lipinski definition) is 1. The van der Waals surface area contributed by atoms with Crippen LogP contribution in [0.1, 0.15) is 57.6 Å². The molecule has 1 saturated carbocycles. The molecule has 0 saturated heterocycles. The number of amides is 1. The normalized spacial score (nSPS) is 20.8. The molecule has 0 bridgehead atoms. The van der Waals surface area contributed by atoms with Crippen molar-refractivity contribution in [1.29, 1.82) is 0 Å². The molecule has 8 heteroatoms. The van der Waals surface area contributed by atoms with Gasteiger partial charge in [0.25, 0.3) is 0 Å². The summed E-state index contributed by atoms with van der Waals surface area (Å²) in [5.41, 5.74) is 0.656. The Kier molecular flexibility index (Phi) is 7.93. The molecule has 0 unspecified atom stereocenters. The number of hydrogen-bond acceptors (Lipinski definition) is 4. The van der Waals surface area contributed by atoms with Crippen molar-refractivity contribution in [2.75, 3.05) is 7.11 Å². The first kappa shape index (κ1) is 23.0. The van der Waals surface area contributed by atoms with Gasteiger partial charge >= 0.3 is 12.1 Å². The van der Waals surface area contributed by atoms with Crippen LogP contribution in [0, 0.1) is 11.8 Å². The van der Waals surface area contributed by atoms with E-state index in [0.29, 0.717) is 24.2 Å². The maximum Gasteiger partial charge on any atom is 0.391 e. The number of rotatable bonds is 7. The third kappa shape index (κ3) is 6.94. The average molecular weight is 415 g/mol. The number of alkyl halides is 3. The van der Waals surface area contributed by atoms with Gasteiger partial charge in [-0.1, -0.05) is 18.6 Å². The molecule has 1 fully saturated rings. The molecule has 0 radical (unpaired) electrons. The van der Waals surface area contributed by atoms with Crippen molar-refractivity contribution >= 4 is 11.9 Å². The van der Waals surface area contributed by atoms with E-state index in [1.54, 1.807) is 38.1 Å². The van der Waals surface area contributed by atoms with Crippen molar-refractivity contribution in [1.82, 2.24) is 5.32 Å². The Hall–Kier alpha value is -2.25. The summed E-state index contributed by atoms with van der Waals surface area (Å²) in [6.07, 6.45) is -4.12. The summed E-state index contributed by atoms with van der Waals surface area (Å²) in [5, 5.41) is 2.77. The smallest absolute Gasteiger partial charge is 0.391 e. The lowest BCUT2D eigenvalue weighted by atomic mass is 9.80. The van der Waals surface area contributed by atoms with Crippen molar-refractivity contribution in [3.8, 4) is 5.75 Å². The summed E-state index contributed by atoms with van der Waals surface area (Å²) >= 11 is 0. The number of carbonyl (C=O) groups excluding carboxylic acids is 2. The summed E-state index contributed by atoms with van der Waals surface area (Å²) < 4.78 is 49.5. The van der Waals surface area contributed by atoms with E-state index >= 15 is 0 Å². The van der Waals surface area contributed by atoms with Crippen LogP contribution in [0.15, 0.2) is 24.3 Å². The predicted octanol–water partition coefficient (Wildman–Crippen LogP) is 4.56. The zero-order chi connectivity index (χ0) is 21.6. The van der Waals surface area contributed by atoms with Gasteiger partial charge in [0.2, 0.25) is 5.91 Å². The lowest BCUT2D eigenvalue weighted by Crippen LogP contribution is -2.39. The predicted molar refractivity (Wildman–Crippen MR) is 101 cm³/mol. The second-order valence-corrected chi connectivity index (χ2v) is 7.68. The Morgan fingerprint density at radius 1 is 1.17 bits per heavy atom. The van der Waals surface area contributed by atoms with E-state index in [1.165, 1.54) is 7.11 Å². The molecule has 1 aliphatic rings. The van der Waals surface area contributed by atoms with Gasteiger partial charge in [-0.25, -0.2) is 0 Å². The van der Waals surface area contributed by atoms with E-state index in [2.05, 4.69) is 5.32 Å². The van der Waals surface area contributed by atoms with Crippen molar-refractivity contribution in [2.24, 2.45) is 11.8 Å². The van der Waals surface area contributed by atoms with Crippen LogP contribution in [0.2, 0.25) is 0 Å². The van der Waals surface area contributed by atoms with E-state index < -0.39 is 35.9 Å². The molecule has 1 aliphatic carbocycles. The van der Waals surface area contributed by atoms with Crippen LogP contribution in [0.3, 0.4) is 0 Å². The number of nitrogens with one attached hydrogen (secondary N) is 1. The first-order valence-corrected chi connectivity index (χ1v) is 9.80. The van der Waals surface area contributed by atoms with Gasteiger partial charge in [0.05, 0.1) is 31.6 Å². The summed E-state index contributed by atoms with van der Waals surface area (Å²) in [5.74, 6) is -2.52. The first-order chi connectivity index (χ1) is 13.6. The fraction of sp³-hybridized carbons (Fsp3) is 0.619. The molecule has 0 heterocycles. The molecule has 0 aromatic heterocycles. The summed E-state index contributed by atoms with van der Waals surface area (Å²) in [6, 6.07) is 6.13. The summed E-state index contributed by atoms with van der Waals surface area (Å²) in [7, 11) is 1.52. The molecule has 1 amide bonds. The van der Waals surface area contributed by atoms with Crippen LogP contribution in [0.5, 0.6) is 5.75 Å². The second kappa shape index (κ2) is 9.98. The van der Waals surface area contributed by atoms with Crippen molar-refractivity contribution in [2.45, 2.75) is 64.3 Å². The van der Waals surface area contributed by atoms with Crippen LogP contribution in [0.25, 0.3) is 0 Å². The fourth-order valence-corrected chi connectivity index (χ4v) is 3.58. The molecule has 0 aliphatic heterocycles. The minimum absolute atomic E-state index is 0.0515. The number of methoxy groups -OCH3 is 1. The average Bonchev–Trinajstić information content (AvgIpc) is 2.66. The van der Waals surface area contributed by atoms with Gasteiger partial charge < -0.3 is 14.8 Å². The highest BCUT2D eigenvalue weighted by molar-refractivity contribution is 5.80. The van der Waals surface area contributed by atoms with Gasteiger partial charge in [0, 0.05) is 5.92 Å². The topological polar surface area (TPSA) is 64.6 Å². The maximum absolute atomic E-state index is 13.1. The lowest BCUT2D eigenvalue weighted by Gasteiger charge is -2.31. The van der Waals surface area contributed by atoms with E-state index in [1.807, 2.05) is 0 Å². The Bertz CT molecular complexity index is 688. The van der Waals surface area contributed by atoms with Crippen molar-refractivity contribution in [3.63, 3.8) is 0 Å². The van der Waals surface area contributed by atoms with Crippen LogP contribution >= 0.6 is 0 Å². The maximum atomic E-state index is 13.1. The molecule has 0 spiro atoms. The van der Waals surface area contributed by atoms with Gasteiger partial charge in [-0.15, -0.1) is 0 Å². The van der Waals surface area contributed by atoms with Crippen molar-refractivity contribution < 1.29 is 32.2 Å².